The van der Waals surface area contributed by atoms with Gasteiger partial charge in [-0.15, -0.1) is 0 Å². The van der Waals surface area contributed by atoms with Crippen molar-refractivity contribution in [1.82, 2.24) is 15.2 Å². The number of amides is 2. The second kappa shape index (κ2) is 10.1. The number of hydrazine groups is 1. The molecule has 0 atom stereocenters. The fourth-order valence-corrected chi connectivity index (χ4v) is 4.12. The molecule has 0 heterocycles. The first-order valence-electron chi connectivity index (χ1n) is 9.21. The molecular formula is C20H24FN3O4S. The van der Waals surface area contributed by atoms with Crippen molar-refractivity contribution in [1.29, 1.82) is 0 Å². The molecule has 7 nitrogen and oxygen atoms in total. The minimum Gasteiger partial charge on any atom is -0.273 e. The van der Waals surface area contributed by atoms with Crippen LogP contribution in [-0.2, 0) is 21.2 Å². The first-order chi connectivity index (χ1) is 13.8. The Morgan fingerprint density at radius 2 is 1.52 bits per heavy atom. The molecule has 29 heavy (non-hydrogen) atoms. The quantitative estimate of drug-likeness (QED) is 0.639. The molecule has 2 amide bonds. The Morgan fingerprint density at radius 1 is 0.931 bits per heavy atom. The van der Waals surface area contributed by atoms with E-state index in [0.29, 0.717) is 19.5 Å². The Morgan fingerprint density at radius 3 is 2.07 bits per heavy atom. The second-order valence-electron chi connectivity index (χ2n) is 6.24. The predicted octanol–water partition coefficient (Wildman–Crippen LogP) is 2.25. The maximum absolute atomic E-state index is 12.9. The van der Waals surface area contributed by atoms with Crippen LogP contribution >= 0.6 is 0 Å². The van der Waals surface area contributed by atoms with Crippen LogP contribution in [0.25, 0.3) is 0 Å². The minimum absolute atomic E-state index is 0.103. The molecule has 2 N–H and O–H groups in total. The Balaban J connectivity index is 1.86. The lowest BCUT2D eigenvalue weighted by atomic mass is 10.1. The lowest BCUT2D eigenvalue weighted by molar-refractivity contribution is -0.121. The number of carbonyl (C=O) groups is 2. The van der Waals surface area contributed by atoms with E-state index in [1.54, 1.807) is 26.0 Å². The van der Waals surface area contributed by atoms with Gasteiger partial charge in [0.15, 0.2) is 0 Å². The van der Waals surface area contributed by atoms with Crippen LogP contribution in [0, 0.1) is 5.82 Å². The molecule has 9 heteroatoms. The van der Waals surface area contributed by atoms with Gasteiger partial charge in [-0.25, -0.2) is 12.8 Å². The van der Waals surface area contributed by atoms with Crippen molar-refractivity contribution in [3.05, 3.63) is 65.5 Å². The Hall–Kier alpha value is -2.78. The number of aryl methyl sites for hydroxylation is 1. The molecular weight excluding hydrogens is 397 g/mol. The normalized spacial score (nSPS) is 11.3. The van der Waals surface area contributed by atoms with Crippen LogP contribution in [0.4, 0.5) is 4.39 Å². The third kappa shape index (κ3) is 6.10. The van der Waals surface area contributed by atoms with E-state index >= 15 is 0 Å². The van der Waals surface area contributed by atoms with Crippen LogP contribution in [0.2, 0.25) is 0 Å². The summed E-state index contributed by atoms with van der Waals surface area (Å²) >= 11 is 0. The molecule has 2 aromatic rings. The molecule has 156 valence electrons. The average molecular weight is 421 g/mol. The SMILES string of the molecule is CCN(CC)S(=O)(=O)c1ccc(CCC(=O)NNC(=O)c2ccc(F)cc2)cc1. The summed E-state index contributed by atoms with van der Waals surface area (Å²) < 4.78 is 39.1. The Kier molecular flexibility index (Phi) is 7.86. The third-order valence-corrected chi connectivity index (χ3v) is 6.39. The largest absolute Gasteiger partial charge is 0.273 e. The molecule has 0 saturated heterocycles. The van der Waals surface area contributed by atoms with E-state index in [4.69, 9.17) is 0 Å². The van der Waals surface area contributed by atoms with Gasteiger partial charge in [0.05, 0.1) is 4.90 Å². The molecule has 0 saturated carbocycles. The fourth-order valence-electron chi connectivity index (χ4n) is 2.66. The highest BCUT2D eigenvalue weighted by Gasteiger charge is 2.21. The van der Waals surface area contributed by atoms with Crippen molar-refractivity contribution < 1.29 is 22.4 Å². The highest BCUT2D eigenvalue weighted by Crippen LogP contribution is 2.16. The van der Waals surface area contributed by atoms with Gasteiger partial charge in [-0.1, -0.05) is 26.0 Å². The summed E-state index contributed by atoms with van der Waals surface area (Å²) in [6.45, 7) is 4.35. The predicted molar refractivity (Wildman–Crippen MR) is 107 cm³/mol. The standard InChI is InChI=1S/C20H24FN3O4S/c1-3-24(4-2)29(27,28)18-12-5-15(6-13-18)7-14-19(25)22-23-20(26)16-8-10-17(21)11-9-16/h5-6,8-13H,3-4,7,14H2,1-2H3,(H,22,25)(H,23,26). The number of hydrogen-bond donors (Lipinski definition) is 2. The van der Waals surface area contributed by atoms with E-state index in [0.717, 1.165) is 17.7 Å². The van der Waals surface area contributed by atoms with Crippen LogP contribution in [0.5, 0.6) is 0 Å². The molecule has 2 aromatic carbocycles. The maximum atomic E-state index is 12.9. The third-order valence-electron chi connectivity index (χ3n) is 4.33. The van der Waals surface area contributed by atoms with Crippen molar-refractivity contribution in [2.24, 2.45) is 0 Å². The number of sulfonamides is 1. The summed E-state index contributed by atoms with van der Waals surface area (Å²) in [6, 6.07) is 11.3. The highest BCUT2D eigenvalue weighted by atomic mass is 32.2. The van der Waals surface area contributed by atoms with Gasteiger partial charge in [0.1, 0.15) is 5.82 Å². The van der Waals surface area contributed by atoms with Crippen molar-refractivity contribution in [3.8, 4) is 0 Å². The second-order valence-corrected chi connectivity index (χ2v) is 8.18. The van der Waals surface area contributed by atoms with Gasteiger partial charge < -0.3 is 0 Å². The van der Waals surface area contributed by atoms with E-state index in [1.165, 1.54) is 28.6 Å². The van der Waals surface area contributed by atoms with Crippen LogP contribution < -0.4 is 10.9 Å². The minimum atomic E-state index is -3.51. The van der Waals surface area contributed by atoms with Gasteiger partial charge in [-0.3, -0.25) is 20.4 Å². The summed E-state index contributed by atoms with van der Waals surface area (Å²) in [5.41, 5.74) is 5.57. The van der Waals surface area contributed by atoms with Crippen LogP contribution in [-0.4, -0.2) is 37.6 Å². The first kappa shape index (κ1) is 22.5. The van der Waals surface area contributed by atoms with Gasteiger partial charge in [-0.2, -0.15) is 4.31 Å². The summed E-state index contributed by atoms with van der Waals surface area (Å²) in [5.74, 6) is -1.41. The van der Waals surface area contributed by atoms with E-state index in [1.807, 2.05) is 0 Å². The number of halogens is 1. The van der Waals surface area contributed by atoms with Gasteiger partial charge in [0.2, 0.25) is 15.9 Å². The smallest absolute Gasteiger partial charge is 0.269 e. The van der Waals surface area contributed by atoms with Crippen LogP contribution in [0.15, 0.2) is 53.4 Å². The molecule has 0 aliphatic rings. The molecule has 0 fully saturated rings. The number of carbonyl (C=O) groups excluding carboxylic acids is 2. The lowest BCUT2D eigenvalue weighted by Gasteiger charge is -2.18. The lowest BCUT2D eigenvalue weighted by Crippen LogP contribution is -2.41. The van der Waals surface area contributed by atoms with Crippen molar-refractivity contribution >= 4 is 21.8 Å². The average Bonchev–Trinajstić information content (AvgIpc) is 2.72. The molecule has 0 unspecified atom stereocenters. The number of nitrogens with one attached hydrogen (secondary N) is 2. The van der Waals surface area contributed by atoms with Gasteiger partial charge in [0.25, 0.3) is 5.91 Å². The van der Waals surface area contributed by atoms with E-state index in [-0.39, 0.29) is 16.9 Å². The monoisotopic (exact) mass is 421 g/mol. The van der Waals surface area contributed by atoms with E-state index in [9.17, 15) is 22.4 Å². The molecule has 0 aromatic heterocycles. The number of rotatable bonds is 8. The molecule has 2 rings (SSSR count). The zero-order valence-corrected chi connectivity index (χ0v) is 17.1. The Labute approximate surface area is 169 Å². The van der Waals surface area contributed by atoms with Crippen molar-refractivity contribution in [3.63, 3.8) is 0 Å². The zero-order valence-electron chi connectivity index (χ0n) is 16.3. The van der Waals surface area contributed by atoms with Gasteiger partial charge in [-0.05, 0) is 48.4 Å². The molecule has 0 radical (unpaired) electrons. The van der Waals surface area contributed by atoms with Crippen molar-refractivity contribution in [2.45, 2.75) is 31.6 Å². The molecule has 0 aliphatic heterocycles. The van der Waals surface area contributed by atoms with E-state index < -0.39 is 27.7 Å². The molecule has 0 bridgehead atoms. The number of nitrogens with zero attached hydrogens (tertiary/aromatic N) is 1. The van der Waals surface area contributed by atoms with Crippen LogP contribution in [0.3, 0.4) is 0 Å². The summed E-state index contributed by atoms with van der Waals surface area (Å²) in [6.07, 6.45) is 0.482. The highest BCUT2D eigenvalue weighted by molar-refractivity contribution is 7.89. The molecule has 0 spiro atoms. The fraction of sp³-hybridized carbons (Fsp3) is 0.300. The summed E-state index contributed by atoms with van der Waals surface area (Å²) in [4.78, 5) is 24.0. The van der Waals surface area contributed by atoms with Gasteiger partial charge >= 0.3 is 0 Å². The maximum Gasteiger partial charge on any atom is 0.269 e. The van der Waals surface area contributed by atoms with Crippen molar-refractivity contribution in [2.75, 3.05) is 13.1 Å². The number of benzene rings is 2. The van der Waals surface area contributed by atoms with Gasteiger partial charge in [0, 0.05) is 25.1 Å². The van der Waals surface area contributed by atoms with E-state index in [2.05, 4.69) is 10.9 Å². The number of hydrogen-bond acceptors (Lipinski definition) is 4. The Bertz CT molecular complexity index is 941. The van der Waals surface area contributed by atoms with Crippen LogP contribution in [0.1, 0.15) is 36.2 Å². The first-order valence-corrected chi connectivity index (χ1v) is 10.7. The zero-order chi connectivity index (χ0) is 21.4. The summed E-state index contributed by atoms with van der Waals surface area (Å²) in [7, 11) is -3.51. The molecule has 0 aliphatic carbocycles. The summed E-state index contributed by atoms with van der Waals surface area (Å²) in [5, 5.41) is 0. The topological polar surface area (TPSA) is 95.6 Å².